The van der Waals surface area contributed by atoms with Gasteiger partial charge in [-0.2, -0.15) is 0 Å². The molecule has 0 unspecified atom stereocenters. The van der Waals surface area contributed by atoms with Crippen LogP contribution < -0.4 is 10.6 Å². The molecule has 1 amide bonds. The van der Waals surface area contributed by atoms with E-state index in [1.807, 2.05) is 74.7 Å². The molecule has 0 aliphatic rings. The Labute approximate surface area is 162 Å². The van der Waals surface area contributed by atoms with Crippen molar-refractivity contribution < 1.29 is 4.79 Å². The van der Waals surface area contributed by atoms with Gasteiger partial charge in [-0.3, -0.25) is 4.79 Å². The van der Waals surface area contributed by atoms with Gasteiger partial charge in [0.15, 0.2) is 5.13 Å². The maximum absolute atomic E-state index is 12.2. The molecule has 0 atom stereocenters. The second-order valence-corrected chi connectivity index (χ2v) is 8.25. The Kier molecular flexibility index (Phi) is 5.30. The van der Waals surface area contributed by atoms with Gasteiger partial charge in [0.2, 0.25) is 5.91 Å². The maximum Gasteiger partial charge on any atom is 0.229 e. The quantitative estimate of drug-likeness (QED) is 0.562. The Balaban J connectivity index is 1.77. The normalized spacial score (nSPS) is 11.2. The van der Waals surface area contributed by atoms with Gasteiger partial charge in [0.05, 0.1) is 5.69 Å². The van der Waals surface area contributed by atoms with E-state index in [0.29, 0.717) is 5.02 Å². The minimum absolute atomic E-state index is 0.0174. The molecule has 0 saturated carbocycles. The van der Waals surface area contributed by atoms with Crippen LogP contribution in [0.2, 0.25) is 5.02 Å². The van der Waals surface area contributed by atoms with Crippen LogP contribution in [0.25, 0.3) is 11.3 Å². The minimum atomic E-state index is -0.440. The van der Waals surface area contributed by atoms with E-state index in [1.165, 1.54) is 11.3 Å². The van der Waals surface area contributed by atoms with Crippen LogP contribution in [0, 0.1) is 5.41 Å². The summed E-state index contributed by atoms with van der Waals surface area (Å²) in [7, 11) is 0. The highest BCUT2D eigenvalue weighted by molar-refractivity contribution is 7.14. The first-order chi connectivity index (χ1) is 12.3. The number of anilines is 3. The van der Waals surface area contributed by atoms with Gasteiger partial charge in [-0.25, -0.2) is 4.98 Å². The van der Waals surface area contributed by atoms with Gasteiger partial charge < -0.3 is 10.6 Å². The van der Waals surface area contributed by atoms with Gasteiger partial charge in [0.25, 0.3) is 0 Å². The second kappa shape index (κ2) is 7.48. The number of carbonyl (C=O) groups is 1. The topological polar surface area (TPSA) is 54.0 Å². The Morgan fingerprint density at radius 2 is 1.81 bits per heavy atom. The monoisotopic (exact) mass is 385 g/mol. The molecule has 1 heterocycles. The summed E-state index contributed by atoms with van der Waals surface area (Å²) in [6.07, 6.45) is 0. The van der Waals surface area contributed by atoms with Crippen LogP contribution in [0.5, 0.6) is 0 Å². The van der Waals surface area contributed by atoms with E-state index in [2.05, 4.69) is 15.6 Å². The van der Waals surface area contributed by atoms with Crippen molar-refractivity contribution in [2.24, 2.45) is 5.41 Å². The molecule has 0 spiro atoms. The van der Waals surface area contributed by atoms with Crippen molar-refractivity contribution in [3.05, 3.63) is 58.9 Å². The van der Waals surface area contributed by atoms with Gasteiger partial charge in [0, 0.05) is 32.8 Å². The SMILES string of the molecule is CC(C)(C)C(=O)Nc1cccc(-c2csc(Nc3cccc(Cl)c3)n2)c1. The molecule has 2 aromatic carbocycles. The number of nitrogens with zero attached hydrogens (tertiary/aromatic N) is 1. The lowest BCUT2D eigenvalue weighted by Crippen LogP contribution is -2.27. The van der Waals surface area contributed by atoms with Gasteiger partial charge in [-0.05, 0) is 30.3 Å². The molecule has 4 nitrogen and oxygen atoms in total. The van der Waals surface area contributed by atoms with Crippen molar-refractivity contribution in [3.63, 3.8) is 0 Å². The predicted octanol–water partition coefficient (Wildman–Crippen LogP) is 6.19. The Morgan fingerprint density at radius 1 is 1.08 bits per heavy atom. The van der Waals surface area contributed by atoms with E-state index >= 15 is 0 Å². The van der Waals surface area contributed by atoms with Crippen LogP contribution in [-0.4, -0.2) is 10.9 Å². The molecule has 0 fully saturated rings. The summed E-state index contributed by atoms with van der Waals surface area (Å²) >= 11 is 7.53. The number of carbonyl (C=O) groups excluding carboxylic acids is 1. The first-order valence-electron chi connectivity index (χ1n) is 8.21. The highest BCUT2D eigenvalue weighted by Crippen LogP contribution is 2.29. The van der Waals surface area contributed by atoms with Gasteiger partial charge in [0.1, 0.15) is 0 Å². The minimum Gasteiger partial charge on any atom is -0.331 e. The van der Waals surface area contributed by atoms with Crippen LogP contribution in [0.15, 0.2) is 53.9 Å². The van der Waals surface area contributed by atoms with E-state index in [4.69, 9.17) is 11.6 Å². The van der Waals surface area contributed by atoms with Crippen molar-refractivity contribution in [2.75, 3.05) is 10.6 Å². The van der Waals surface area contributed by atoms with Crippen LogP contribution >= 0.6 is 22.9 Å². The summed E-state index contributed by atoms with van der Waals surface area (Å²) in [6, 6.07) is 15.2. The lowest BCUT2D eigenvalue weighted by molar-refractivity contribution is -0.123. The van der Waals surface area contributed by atoms with Crippen molar-refractivity contribution in [2.45, 2.75) is 20.8 Å². The fourth-order valence-corrected chi connectivity index (χ4v) is 3.16. The smallest absolute Gasteiger partial charge is 0.229 e. The number of aromatic nitrogens is 1. The number of nitrogens with one attached hydrogen (secondary N) is 2. The highest BCUT2D eigenvalue weighted by Gasteiger charge is 2.21. The lowest BCUT2D eigenvalue weighted by Gasteiger charge is -2.17. The molecule has 0 saturated heterocycles. The summed E-state index contributed by atoms with van der Waals surface area (Å²) in [5, 5.41) is 9.65. The Bertz CT molecular complexity index is 931. The van der Waals surface area contributed by atoms with Gasteiger partial charge >= 0.3 is 0 Å². The van der Waals surface area contributed by atoms with E-state index in [1.54, 1.807) is 0 Å². The van der Waals surface area contributed by atoms with Crippen LogP contribution in [-0.2, 0) is 4.79 Å². The zero-order valence-corrected chi connectivity index (χ0v) is 16.4. The summed E-state index contributed by atoms with van der Waals surface area (Å²) < 4.78 is 0. The molecule has 1 aromatic heterocycles. The number of thiazole rings is 1. The molecule has 0 aliphatic heterocycles. The first-order valence-corrected chi connectivity index (χ1v) is 9.47. The van der Waals surface area contributed by atoms with E-state index in [0.717, 1.165) is 27.8 Å². The third kappa shape index (κ3) is 4.62. The molecule has 0 radical (unpaired) electrons. The average Bonchev–Trinajstić information content (AvgIpc) is 3.03. The molecule has 0 bridgehead atoms. The van der Waals surface area contributed by atoms with Gasteiger partial charge in [-0.1, -0.05) is 50.6 Å². The standard InChI is InChI=1S/C20H20ClN3OS/c1-20(2,3)18(25)22-15-8-4-6-13(10-15)17-12-26-19(24-17)23-16-9-5-7-14(21)11-16/h4-12H,1-3H3,(H,22,25)(H,23,24). The maximum atomic E-state index is 12.2. The zero-order valence-electron chi connectivity index (χ0n) is 14.8. The van der Waals surface area contributed by atoms with Crippen LogP contribution in [0.4, 0.5) is 16.5 Å². The molecule has 3 rings (SSSR count). The van der Waals surface area contributed by atoms with E-state index in [-0.39, 0.29) is 5.91 Å². The highest BCUT2D eigenvalue weighted by atomic mass is 35.5. The number of rotatable bonds is 4. The number of halogens is 1. The van der Waals surface area contributed by atoms with Crippen molar-refractivity contribution in [1.29, 1.82) is 0 Å². The molecule has 6 heteroatoms. The lowest BCUT2D eigenvalue weighted by atomic mass is 9.95. The largest absolute Gasteiger partial charge is 0.331 e. The molecule has 134 valence electrons. The number of amides is 1. The molecular weight excluding hydrogens is 366 g/mol. The molecule has 2 N–H and O–H groups in total. The fraction of sp³-hybridized carbons (Fsp3) is 0.200. The van der Waals surface area contributed by atoms with E-state index in [9.17, 15) is 4.79 Å². The molecule has 26 heavy (non-hydrogen) atoms. The molecular formula is C20H20ClN3OS. The van der Waals surface area contributed by atoms with Crippen molar-refractivity contribution >= 4 is 45.4 Å². The first kappa shape index (κ1) is 18.4. The number of hydrogen-bond acceptors (Lipinski definition) is 4. The van der Waals surface area contributed by atoms with Crippen LogP contribution in [0.1, 0.15) is 20.8 Å². The van der Waals surface area contributed by atoms with E-state index < -0.39 is 5.41 Å². The van der Waals surface area contributed by atoms with Crippen LogP contribution in [0.3, 0.4) is 0 Å². The summed E-state index contributed by atoms with van der Waals surface area (Å²) in [5.74, 6) is -0.0174. The molecule has 3 aromatic rings. The predicted molar refractivity (Wildman–Crippen MR) is 110 cm³/mol. The average molecular weight is 386 g/mol. The number of hydrogen-bond donors (Lipinski definition) is 2. The summed E-state index contributed by atoms with van der Waals surface area (Å²) in [6.45, 7) is 5.67. The fourth-order valence-electron chi connectivity index (χ4n) is 2.23. The van der Waals surface area contributed by atoms with Crippen molar-refractivity contribution in [3.8, 4) is 11.3 Å². The summed E-state index contributed by atoms with van der Waals surface area (Å²) in [4.78, 5) is 16.8. The van der Waals surface area contributed by atoms with Crippen molar-refractivity contribution in [1.82, 2.24) is 4.98 Å². The third-order valence-electron chi connectivity index (χ3n) is 3.68. The Morgan fingerprint density at radius 3 is 2.54 bits per heavy atom. The summed E-state index contributed by atoms with van der Waals surface area (Å²) in [5.41, 5.74) is 3.02. The molecule has 0 aliphatic carbocycles. The third-order valence-corrected chi connectivity index (χ3v) is 4.67. The zero-order chi connectivity index (χ0) is 18.7. The van der Waals surface area contributed by atoms with Gasteiger partial charge in [-0.15, -0.1) is 11.3 Å². The number of benzene rings is 2. The second-order valence-electron chi connectivity index (χ2n) is 6.96. The Hall–Kier alpha value is -2.37.